The number of ether oxygens (including phenoxy) is 1. The molecule has 1 aromatic carbocycles. The molecule has 0 aromatic heterocycles. The van der Waals surface area contributed by atoms with Crippen molar-refractivity contribution in [1.82, 2.24) is 9.80 Å². The molecule has 2 atom stereocenters. The Bertz CT molecular complexity index is 480. The Morgan fingerprint density at radius 1 is 1.05 bits per heavy atom. The highest BCUT2D eigenvalue weighted by atomic mass is 16.5. The van der Waals surface area contributed by atoms with E-state index in [2.05, 4.69) is 16.8 Å². The molecule has 4 nitrogen and oxygen atoms in total. The van der Waals surface area contributed by atoms with E-state index in [4.69, 9.17) is 4.74 Å². The summed E-state index contributed by atoms with van der Waals surface area (Å²) in [5, 5.41) is 0. The summed E-state index contributed by atoms with van der Waals surface area (Å²) < 4.78 is 6.28. The molecule has 2 aliphatic rings. The third kappa shape index (κ3) is 3.68. The van der Waals surface area contributed by atoms with Crippen molar-refractivity contribution < 1.29 is 9.53 Å². The normalized spacial score (nSPS) is 27.5. The summed E-state index contributed by atoms with van der Waals surface area (Å²) in [6.07, 6.45) is 6.08. The third-order valence-corrected chi connectivity index (χ3v) is 4.98. The van der Waals surface area contributed by atoms with Crippen LogP contribution >= 0.6 is 0 Å². The van der Waals surface area contributed by atoms with E-state index < -0.39 is 0 Å². The first kappa shape index (κ1) is 15.5. The number of hydrogen-bond acceptors (Lipinski definition) is 4. The van der Waals surface area contributed by atoms with Gasteiger partial charge in [-0.1, -0.05) is 6.42 Å². The van der Waals surface area contributed by atoms with Crippen molar-refractivity contribution in [2.75, 3.05) is 33.2 Å². The fourth-order valence-corrected chi connectivity index (χ4v) is 3.59. The number of nitrogens with zero attached hydrogens (tertiary/aromatic N) is 2. The van der Waals surface area contributed by atoms with Gasteiger partial charge in [0.1, 0.15) is 18.1 Å². The van der Waals surface area contributed by atoms with E-state index >= 15 is 0 Å². The fraction of sp³-hybridized carbons (Fsp3) is 0.611. The second-order valence-electron chi connectivity index (χ2n) is 6.53. The van der Waals surface area contributed by atoms with Gasteiger partial charge in [-0.05, 0) is 50.6 Å². The maximum atomic E-state index is 10.7. The Balaban J connectivity index is 1.65. The summed E-state index contributed by atoms with van der Waals surface area (Å²) >= 11 is 0. The Morgan fingerprint density at radius 2 is 1.73 bits per heavy atom. The van der Waals surface area contributed by atoms with E-state index in [9.17, 15) is 4.79 Å². The van der Waals surface area contributed by atoms with Gasteiger partial charge in [-0.3, -0.25) is 9.69 Å². The van der Waals surface area contributed by atoms with Gasteiger partial charge in [-0.15, -0.1) is 0 Å². The summed E-state index contributed by atoms with van der Waals surface area (Å²) in [7, 11) is 2.20. The fourth-order valence-electron chi connectivity index (χ4n) is 3.59. The molecule has 22 heavy (non-hydrogen) atoms. The van der Waals surface area contributed by atoms with E-state index in [-0.39, 0.29) is 6.10 Å². The summed E-state index contributed by atoms with van der Waals surface area (Å²) in [5.74, 6) is 0.886. The molecule has 1 heterocycles. The molecule has 2 fully saturated rings. The molecular formula is C18H26N2O2. The molecular weight excluding hydrogens is 276 g/mol. The highest BCUT2D eigenvalue weighted by molar-refractivity contribution is 5.74. The zero-order valence-electron chi connectivity index (χ0n) is 13.4. The maximum absolute atomic E-state index is 10.7. The van der Waals surface area contributed by atoms with Crippen LogP contribution in [-0.2, 0) is 0 Å². The van der Waals surface area contributed by atoms with Crippen LogP contribution in [0.5, 0.6) is 5.75 Å². The zero-order chi connectivity index (χ0) is 15.4. The predicted octanol–water partition coefficient (Wildman–Crippen LogP) is 2.44. The number of carbonyl (C=O) groups excluding carboxylic acids is 1. The van der Waals surface area contributed by atoms with Crippen molar-refractivity contribution in [3.63, 3.8) is 0 Å². The molecule has 1 saturated carbocycles. The first-order chi connectivity index (χ1) is 10.8. The number of benzene rings is 1. The molecule has 0 spiro atoms. The third-order valence-electron chi connectivity index (χ3n) is 4.98. The lowest BCUT2D eigenvalue weighted by molar-refractivity contribution is 0.0130. The van der Waals surface area contributed by atoms with Crippen molar-refractivity contribution in [3.8, 4) is 5.75 Å². The largest absolute Gasteiger partial charge is 0.489 e. The van der Waals surface area contributed by atoms with E-state index in [1.54, 1.807) is 0 Å². The van der Waals surface area contributed by atoms with E-state index in [1.807, 2.05) is 24.3 Å². The molecule has 1 saturated heterocycles. The van der Waals surface area contributed by atoms with Crippen LogP contribution in [0.1, 0.15) is 36.0 Å². The molecule has 4 heteroatoms. The summed E-state index contributed by atoms with van der Waals surface area (Å²) in [4.78, 5) is 15.8. The molecule has 2 unspecified atom stereocenters. The Kier molecular flexibility index (Phi) is 5.11. The van der Waals surface area contributed by atoms with Crippen LogP contribution in [0.3, 0.4) is 0 Å². The van der Waals surface area contributed by atoms with Gasteiger partial charge in [0.25, 0.3) is 0 Å². The van der Waals surface area contributed by atoms with Gasteiger partial charge in [0.15, 0.2) is 0 Å². The van der Waals surface area contributed by atoms with Crippen LogP contribution in [0.4, 0.5) is 0 Å². The second kappa shape index (κ2) is 7.25. The lowest BCUT2D eigenvalue weighted by atomic mass is 9.90. The lowest BCUT2D eigenvalue weighted by Crippen LogP contribution is -2.54. The van der Waals surface area contributed by atoms with Crippen molar-refractivity contribution in [2.24, 2.45) is 0 Å². The molecule has 0 bridgehead atoms. The van der Waals surface area contributed by atoms with Gasteiger partial charge in [0, 0.05) is 37.8 Å². The summed E-state index contributed by atoms with van der Waals surface area (Å²) in [6, 6.07) is 8.03. The minimum Gasteiger partial charge on any atom is -0.489 e. The first-order valence-electron chi connectivity index (χ1n) is 8.41. The Morgan fingerprint density at radius 3 is 2.41 bits per heavy atom. The first-order valence-corrected chi connectivity index (χ1v) is 8.41. The number of aldehydes is 1. The zero-order valence-corrected chi connectivity index (χ0v) is 13.4. The minimum absolute atomic E-state index is 0.277. The van der Waals surface area contributed by atoms with Crippen molar-refractivity contribution in [3.05, 3.63) is 29.8 Å². The second-order valence-corrected chi connectivity index (χ2v) is 6.53. The van der Waals surface area contributed by atoms with Crippen molar-refractivity contribution in [1.29, 1.82) is 0 Å². The highest BCUT2D eigenvalue weighted by Crippen LogP contribution is 2.28. The summed E-state index contributed by atoms with van der Waals surface area (Å²) in [6.45, 7) is 4.59. The van der Waals surface area contributed by atoms with Crippen LogP contribution in [0.2, 0.25) is 0 Å². The molecule has 0 radical (unpaired) electrons. The number of likely N-dealkylation sites (N-methyl/N-ethyl adjacent to an activating group) is 1. The number of hydrogen-bond donors (Lipinski definition) is 0. The minimum atomic E-state index is 0.277. The van der Waals surface area contributed by atoms with E-state index in [0.29, 0.717) is 11.6 Å². The molecule has 0 amide bonds. The SMILES string of the molecule is CN1CCN(C2CCCCC2Oc2ccc(C=O)cc2)CC1. The van der Waals surface area contributed by atoms with Gasteiger partial charge in [-0.25, -0.2) is 0 Å². The van der Waals surface area contributed by atoms with E-state index in [0.717, 1.165) is 44.6 Å². The molecule has 0 N–H and O–H groups in total. The molecule has 120 valence electrons. The monoisotopic (exact) mass is 302 g/mol. The van der Waals surface area contributed by atoms with Crippen LogP contribution in [0.25, 0.3) is 0 Å². The predicted molar refractivity (Wildman–Crippen MR) is 87.6 cm³/mol. The Labute approximate surface area is 133 Å². The number of rotatable bonds is 4. The molecule has 3 rings (SSSR count). The standard InChI is InChI=1S/C18H26N2O2/c1-19-10-12-20(13-11-19)17-4-2-3-5-18(17)22-16-8-6-15(14-21)7-9-16/h6-9,14,17-18H,2-5,10-13H2,1H3. The van der Waals surface area contributed by atoms with Crippen LogP contribution in [0.15, 0.2) is 24.3 Å². The van der Waals surface area contributed by atoms with Gasteiger partial charge >= 0.3 is 0 Å². The van der Waals surface area contributed by atoms with Gasteiger partial charge in [-0.2, -0.15) is 0 Å². The van der Waals surface area contributed by atoms with Crippen molar-refractivity contribution in [2.45, 2.75) is 37.8 Å². The lowest BCUT2D eigenvalue weighted by Gasteiger charge is -2.43. The maximum Gasteiger partial charge on any atom is 0.150 e. The van der Waals surface area contributed by atoms with Crippen LogP contribution in [-0.4, -0.2) is 61.5 Å². The average molecular weight is 302 g/mol. The molecule has 1 aliphatic carbocycles. The van der Waals surface area contributed by atoms with Gasteiger partial charge in [0.2, 0.25) is 0 Å². The van der Waals surface area contributed by atoms with Gasteiger partial charge in [0.05, 0.1) is 0 Å². The summed E-state index contributed by atoms with van der Waals surface area (Å²) in [5.41, 5.74) is 0.701. The number of piperazine rings is 1. The van der Waals surface area contributed by atoms with Crippen LogP contribution in [0, 0.1) is 0 Å². The number of carbonyl (C=O) groups is 1. The van der Waals surface area contributed by atoms with Crippen LogP contribution < -0.4 is 4.74 Å². The van der Waals surface area contributed by atoms with E-state index in [1.165, 1.54) is 19.3 Å². The molecule has 1 aromatic rings. The Hall–Kier alpha value is -1.39. The smallest absolute Gasteiger partial charge is 0.150 e. The van der Waals surface area contributed by atoms with Gasteiger partial charge < -0.3 is 9.64 Å². The topological polar surface area (TPSA) is 32.8 Å². The molecule has 1 aliphatic heterocycles. The average Bonchev–Trinajstić information content (AvgIpc) is 2.57. The quantitative estimate of drug-likeness (QED) is 0.800. The highest BCUT2D eigenvalue weighted by Gasteiger charge is 2.32. The van der Waals surface area contributed by atoms with Crippen molar-refractivity contribution >= 4 is 6.29 Å².